The molecular formula is C23H26F3N7O. The number of halogens is 3. The smallest absolute Gasteiger partial charge is 0.390 e. The molecule has 3 aromatic heterocycles. The first-order chi connectivity index (χ1) is 16.4. The molecule has 1 saturated heterocycles. The largest absolute Gasteiger partial charge is 0.459 e. The summed E-state index contributed by atoms with van der Waals surface area (Å²) in [5.74, 6) is 1.52. The Morgan fingerprint density at radius 2 is 1.97 bits per heavy atom. The quantitative estimate of drug-likeness (QED) is 0.328. The predicted molar refractivity (Wildman–Crippen MR) is 124 cm³/mol. The van der Waals surface area contributed by atoms with Crippen molar-refractivity contribution in [1.29, 1.82) is 0 Å². The number of nitrogens with one attached hydrogen (secondary N) is 3. The van der Waals surface area contributed by atoms with Crippen LogP contribution in [0, 0.1) is 12.8 Å². The van der Waals surface area contributed by atoms with E-state index in [1.807, 2.05) is 31.2 Å². The van der Waals surface area contributed by atoms with E-state index in [2.05, 4.69) is 30.7 Å². The minimum atomic E-state index is -4.12. The van der Waals surface area contributed by atoms with Crippen LogP contribution in [-0.4, -0.2) is 52.5 Å². The molecule has 5 rings (SSSR count). The second-order valence-corrected chi connectivity index (χ2v) is 8.71. The van der Waals surface area contributed by atoms with Gasteiger partial charge < -0.3 is 20.0 Å². The molecule has 1 fully saturated rings. The Balaban J connectivity index is 1.27. The summed E-state index contributed by atoms with van der Waals surface area (Å²) in [6.07, 6.45) is -1.59. The van der Waals surface area contributed by atoms with Gasteiger partial charge in [0.25, 0.3) is 0 Å². The van der Waals surface area contributed by atoms with E-state index in [-0.39, 0.29) is 6.54 Å². The standard InChI is InChI=1S/C23H26F3N7O/c1-14-17-3-2-16(12-19(17)32-31-14)28-22-29-18-6-11-34-20(18)21(30-22)33-9-4-15(5-10-33)13-27-8-7-23(24,25)26/h2-3,6,11-12,15,27H,4-5,7-10,13H2,1H3,(H,31,32)(H,28,29,30). The van der Waals surface area contributed by atoms with Crippen LogP contribution in [0.3, 0.4) is 0 Å². The first-order valence-electron chi connectivity index (χ1n) is 11.3. The van der Waals surface area contributed by atoms with Crippen LogP contribution >= 0.6 is 0 Å². The lowest BCUT2D eigenvalue weighted by Gasteiger charge is -2.33. The van der Waals surface area contributed by atoms with Gasteiger partial charge in [0.1, 0.15) is 5.52 Å². The fourth-order valence-corrected chi connectivity index (χ4v) is 4.36. The minimum absolute atomic E-state index is 0.0404. The fraction of sp³-hybridized carbons (Fsp3) is 0.435. The second kappa shape index (κ2) is 9.13. The first-order valence-corrected chi connectivity index (χ1v) is 11.3. The van der Waals surface area contributed by atoms with Crippen molar-refractivity contribution in [1.82, 2.24) is 25.5 Å². The van der Waals surface area contributed by atoms with Gasteiger partial charge in [-0.05, 0) is 50.4 Å². The number of nitrogens with zero attached hydrogens (tertiary/aromatic N) is 4. The highest BCUT2D eigenvalue weighted by Gasteiger charge is 2.27. The molecular weight excluding hydrogens is 447 g/mol. The monoisotopic (exact) mass is 473 g/mol. The van der Waals surface area contributed by atoms with Crippen molar-refractivity contribution in [2.75, 3.05) is 36.4 Å². The number of benzene rings is 1. The molecule has 0 spiro atoms. The van der Waals surface area contributed by atoms with Crippen molar-refractivity contribution in [3.63, 3.8) is 0 Å². The average Bonchev–Trinajstić information content (AvgIpc) is 3.42. The maximum atomic E-state index is 12.3. The van der Waals surface area contributed by atoms with Gasteiger partial charge in [-0.3, -0.25) is 5.10 Å². The van der Waals surface area contributed by atoms with E-state index in [0.29, 0.717) is 29.5 Å². The molecule has 180 valence electrons. The summed E-state index contributed by atoms with van der Waals surface area (Å²) in [4.78, 5) is 11.5. The molecule has 0 saturated carbocycles. The lowest BCUT2D eigenvalue weighted by atomic mass is 9.96. The highest BCUT2D eigenvalue weighted by atomic mass is 19.4. The van der Waals surface area contributed by atoms with Crippen molar-refractivity contribution in [2.45, 2.75) is 32.4 Å². The molecule has 34 heavy (non-hydrogen) atoms. The normalized spacial score (nSPS) is 15.5. The van der Waals surface area contributed by atoms with Gasteiger partial charge >= 0.3 is 6.18 Å². The van der Waals surface area contributed by atoms with Crippen molar-refractivity contribution < 1.29 is 17.6 Å². The number of aromatic nitrogens is 4. The molecule has 8 nitrogen and oxygen atoms in total. The number of hydrogen-bond acceptors (Lipinski definition) is 7. The SMILES string of the molecule is Cc1[nH]nc2cc(Nc3nc(N4CCC(CNCCC(F)(F)F)CC4)c4occc4n3)ccc12. The lowest BCUT2D eigenvalue weighted by Crippen LogP contribution is -2.38. The van der Waals surface area contributed by atoms with Crippen LogP contribution in [0.25, 0.3) is 22.0 Å². The van der Waals surface area contributed by atoms with Crippen molar-refractivity contribution in [3.05, 3.63) is 36.2 Å². The molecule has 0 radical (unpaired) electrons. The number of rotatable bonds is 7. The Morgan fingerprint density at radius 3 is 2.76 bits per heavy atom. The summed E-state index contributed by atoms with van der Waals surface area (Å²) < 4.78 is 42.7. The summed E-state index contributed by atoms with van der Waals surface area (Å²) >= 11 is 0. The van der Waals surface area contributed by atoms with E-state index < -0.39 is 12.6 Å². The summed E-state index contributed by atoms with van der Waals surface area (Å²) in [6.45, 7) is 4.02. The summed E-state index contributed by atoms with van der Waals surface area (Å²) in [5, 5.41) is 14.6. The molecule has 0 amide bonds. The van der Waals surface area contributed by atoms with Crippen molar-refractivity contribution in [2.24, 2.45) is 5.92 Å². The summed E-state index contributed by atoms with van der Waals surface area (Å²) in [6, 6.07) is 7.72. The van der Waals surface area contributed by atoms with E-state index in [4.69, 9.17) is 9.40 Å². The molecule has 0 bridgehead atoms. The zero-order chi connectivity index (χ0) is 23.7. The Morgan fingerprint density at radius 1 is 1.15 bits per heavy atom. The molecule has 1 aliphatic rings. The Bertz CT molecular complexity index is 1270. The van der Waals surface area contributed by atoms with Gasteiger partial charge in [0.05, 0.1) is 18.2 Å². The number of anilines is 3. The van der Waals surface area contributed by atoms with Crippen molar-refractivity contribution >= 4 is 39.5 Å². The molecule has 4 aromatic rings. The number of furan rings is 1. The highest BCUT2D eigenvalue weighted by molar-refractivity contribution is 5.87. The molecule has 3 N–H and O–H groups in total. The maximum absolute atomic E-state index is 12.3. The number of fused-ring (bicyclic) bond motifs is 2. The fourth-order valence-electron chi connectivity index (χ4n) is 4.36. The van der Waals surface area contributed by atoms with Gasteiger partial charge in [0, 0.05) is 42.5 Å². The van der Waals surface area contributed by atoms with Crippen LogP contribution in [0.4, 0.5) is 30.6 Å². The second-order valence-electron chi connectivity index (χ2n) is 8.71. The Hall–Kier alpha value is -3.34. The van der Waals surface area contributed by atoms with Gasteiger partial charge in [-0.2, -0.15) is 23.3 Å². The number of H-pyrrole nitrogens is 1. The van der Waals surface area contributed by atoms with Gasteiger partial charge in [-0.25, -0.2) is 4.98 Å². The molecule has 11 heteroatoms. The van der Waals surface area contributed by atoms with Crippen LogP contribution in [0.1, 0.15) is 25.0 Å². The number of hydrogen-bond donors (Lipinski definition) is 3. The minimum Gasteiger partial charge on any atom is -0.459 e. The molecule has 1 aliphatic heterocycles. The number of aryl methyl sites for hydroxylation is 1. The lowest BCUT2D eigenvalue weighted by molar-refractivity contribution is -0.133. The third kappa shape index (κ3) is 4.93. The van der Waals surface area contributed by atoms with E-state index in [9.17, 15) is 13.2 Å². The van der Waals surface area contributed by atoms with Gasteiger partial charge in [-0.1, -0.05) is 0 Å². The van der Waals surface area contributed by atoms with E-state index in [1.54, 1.807) is 6.26 Å². The van der Waals surface area contributed by atoms with Gasteiger partial charge in [0.15, 0.2) is 11.4 Å². The topological polar surface area (TPSA) is 94.9 Å². The van der Waals surface area contributed by atoms with E-state index >= 15 is 0 Å². The van der Waals surface area contributed by atoms with Gasteiger partial charge in [-0.15, -0.1) is 0 Å². The number of piperidine rings is 1. The molecule has 4 heterocycles. The zero-order valence-electron chi connectivity index (χ0n) is 18.7. The van der Waals surface area contributed by atoms with Crippen LogP contribution in [0.2, 0.25) is 0 Å². The number of alkyl halides is 3. The third-order valence-electron chi connectivity index (χ3n) is 6.22. The Kier molecular flexibility index (Phi) is 6.03. The van der Waals surface area contributed by atoms with Gasteiger partial charge in [0.2, 0.25) is 5.95 Å². The van der Waals surface area contributed by atoms with Crippen LogP contribution < -0.4 is 15.5 Å². The summed E-state index contributed by atoms with van der Waals surface area (Å²) in [5.41, 5.74) is 4.04. The molecule has 0 atom stereocenters. The average molecular weight is 474 g/mol. The third-order valence-corrected chi connectivity index (χ3v) is 6.22. The number of aromatic amines is 1. The van der Waals surface area contributed by atoms with E-state index in [1.165, 1.54) is 0 Å². The molecule has 0 aliphatic carbocycles. The molecule has 1 aromatic carbocycles. The first kappa shape index (κ1) is 22.5. The van der Waals surface area contributed by atoms with E-state index in [0.717, 1.165) is 54.0 Å². The van der Waals surface area contributed by atoms with Crippen LogP contribution in [0.15, 0.2) is 34.9 Å². The van der Waals surface area contributed by atoms with Crippen LogP contribution in [0.5, 0.6) is 0 Å². The molecule has 0 unspecified atom stereocenters. The van der Waals surface area contributed by atoms with Crippen LogP contribution in [-0.2, 0) is 0 Å². The summed E-state index contributed by atoms with van der Waals surface area (Å²) in [7, 11) is 0. The zero-order valence-corrected chi connectivity index (χ0v) is 18.7. The Labute approximate surface area is 193 Å². The highest BCUT2D eigenvalue weighted by Crippen LogP contribution is 2.31. The maximum Gasteiger partial charge on any atom is 0.390 e. The van der Waals surface area contributed by atoms with Crippen molar-refractivity contribution in [3.8, 4) is 0 Å². The predicted octanol–water partition coefficient (Wildman–Crippen LogP) is 4.91.